The number of rotatable bonds is 1. The van der Waals surface area contributed by atoms with Gasteiger partial charge in [0, 0.05) is 16.7 Å². The summed E-state index contributed by atoms with van der Waals surface area (Å²) in [4.78, 5) is 4.94. The van der Waals surface area contributed by atoms with Crippen molar-refractivity contribution in [3.63, 3.8) is 0 Å². The molecular formula is C24H14ClFN2. The second-order valence-corrected chi connectivity index (χ2v) is 7.51. The fraction of sp³-hybridized carbons (Fsp3) is 0.0417. The molecule has 4 aromatic carbocycles. The Bertz CT molecular complexity index is 1410. The SMILES string of the molecule is Fc1cccc2c1Cn1c(-c3cccc4ccccc34)nc3ccc(Cl)c-2c31. The van der Waals surface area contributed by atoms with Crippen LogP contribution in [0.25, 0.3) is 44.3 Å². The molecule has 134 valence electrons. The highest BCUT2D eigenvalue weighted by Gasteiger charge is 2.27. The fourth-order valence-corrected chi connectivity index (χ4v) is 4.60. The van der Waals surface area contributed by atoms with E-state index in [2.05, 4.69) is 28.8 Å². The van der Waals surface area contributed by atoms with Crippen LogP contribution in [0.1, 0.15) is 5.56 Å². The molecule has 0 saturated heterocycles. The molecule has 2 nitrogen and oxygen atoms in total. The number of benzene rings is 4. The van der Waals surface area contributed by atoms with Crippen LogP contribution in [0.15, 0.2) is 72.8 Å². The van der Waals surface area contributed by atoms with Crippen molar-refractivity contribution in [3.05, 3.63) is 89.2 Å². The maximum Gasteiger partial charge on any atom is 0.142 e. The lowest BCUT2D eigenvalue weighted by Gasteiger charge is -2.22. The van der Waals surface area contributed by atoms with E-state index in [0.717, 1.165) is 44.3 Å². The predicted octanol–water partition coefficient (Wildman–Crippen LogP) is 6.68. The zero-order chi connectivity index (χ0) is 18.8. The van der Waals surface area contributed by atoms with Gasteiger partial charge in [0.2, 0.25) is 0 Å². The lowest BCUT2D eigenvalue weighted by atomic mass is 9.94. The molecule has 0 saturated carbocycles. The van der Waals surface area contributed by atoms with Crippen molar-refractivity contribution in [2.24, 2.45) is 0 Å². The molecule has 0 unspecified atom stereocenters. The smallest absolute Gasteiger partial charge is 0.142 e. The molecule has 1 aromatic heterocycles. The molecule has 28 heavy (non-hydrogen) atoms. The molecule has 0 atom stereocenters. The Morgan fingerprint density at radius 2 is 1.64 bits per heavy atom. The number of aromatic nitrogens is 2. The van der Waals surface area contributed by atoms with Gasteiger partial charge in [-0.15, -0.1) is 0 Å². The highest BCUT2D eigenvalue weighted by atomic mass is 35.5. The molecule has 0 N–H and O–H groups in total. The van der Waals surface area contributed by atoms with E-state index in [9.17, 15) is 4.39 Å². The molecule has 0 spiro atoms. The molecule has 0 radical (unpaired) electrons. The first-order valence-corrected chi connectivity index (χ1v) is 9.55. The first kappa shape index (κ1) is 15.8. The van der Waals surface area contributed by atoms with Crippen LogP contribution in [0.2, 0.25) is 5.02 Å². The zero-order valence-corrected chi connectivity index (χ0v) is 15.5. The summed E-state index contributed by atoms with van der Waals surface area (Å²) in [5.41, 5.74) is 5.25. The van der Waals surface area contributed by atoms with Crippen LogP contribution >= 0.6 is 11.6 Å². The molecule has 0 fully saturated rings. The van der Waals surface area contributed by atoms with Crippen LogP contribution in [0.4, 0.5) is 4.39 Å². The van der Waals surface area contributed by atoms with Crippen molar-refractivity contribution in [3.8, 4) is 22.5 Å². The van der Waals surface area contributed by atoms with Crippen molar-refractivity contribution >= 4 is 33.4 Å². The van der Waals surface area contributed by atoms with Crippen LogP contribution in [0, 0.1) is 5.82 Å². The van der Waals surface area contributed by atoms with Gasteiger partial charge in [-0.3, -0.25) is 0 Å². The summed E-state index contributed by atoms with van der Waals surface area (Å²) in [6.45, 7) is 0.435. The quantitative estimate of drug-likeness (QED) is 0.309. The van der Waals surface area contributed by atoms with E-state index >= 15 is 0 Å². The Balaban J connectivity index is 1.75. The van der Waals surface area contributed by atoms with Crippen molar-refractivity contribution in [2.75, 3.05) is 0 Å². The molecular weight excluding hydrogens is 371 g/mol. The highest BCUT2D eigenvalue weighted by Crippen LogP contribution is 2.44. The maximum absolute atomic E-state index is 14.7. The minimum atomic E-state index is -0.214. The summed E-state index contributed by atoms with van der Waals surface area (Å²) in [6, 6.07) is 23.4. The summed E-state index contributed by atoms with van der Waals surface area (Å²) in [5.74, 6) is 0.623. The third kappa shape index (κ3) is 2.05. The van der Waals surface area contributed by atoms with Gasteiger partial charge in [0.25, 0.3) is 0 Å². The number of fused-ring (bicyclic) bond motifs is 3. The highest BCUT2D eigenvalue weighted by molar-refractivity contribution is 6.35. The number of hydrogen-bond donors (Lipinski definition) is 0. The molecule has 1 aliphatic heterocycles. The summed E-state index contributed by atoms with van der Waals surface area (Å²) in [5, 5.41) is 2.90. The van der Waals surface area contributed by atoms with Crippen LogP contribution in [-0.2, 0) is 6.54 Å². The van der Waals surface area contributed by atoms with Gasteiger partial charge in [-0.1, -0.05) is 66.2 Å². The summed E-state index contributed by atoms with van der Waals surface area (Å²) in [7, 11) is 0. The van der Waals surface area contributed by atoms with Crippen LogP contribution in [0.3, 0.4) is 0 Å². The fourth-order valence-electron chi connectivity index (χ4n) is 4.35. The second-order valence-electron chi connectivity index (χ2n) is 7.10. The van der Waals surface area contributed by atoms with Gasteiger partial charge in [0.15, 0.2) is 0 Å². The second kappa shape index (κ2) is 5.66. The first-order valence-electron chi connectivity index (χ1n) is 9.17. The molecule has 6 rings (SSSR count). The van der Waals surface area contributed by atoms with E-state index < -0.39 is 0 Å². The molecule has 4 heteroatoms. The maximum atomic E-state index is 14.7. The largest absolute Gasteiger partial charge is 0.319 e. The third-order valence-electron chi connectivity index (χ3n) is 5.59. The van der Waals surface area contributed by atoms with E-state index in [1.54, 1.807) is 6.07 Å². The Hall–Kier alpha value is -3.17. The Labute approximate surface area is 165 Å². The van der Waals surface area contributed by atoms with Gasteiger partial charge in [-0.25, -0.2) is 9.37 Å². The van der Waals surface area contributed by atoms with Crippen molar-refractivity contribution in [1.82, 2.24) is 9.55 Å². The van der Waals surface area contributed by atoms with Gasteiger partial charge < -0.3 is 4.57 Å². The topological polar surface area (TPSA) is 17.8 Å². The number of nitrogens with zero attached hydrogens (tertiary/aromatic N) is 2. The normalized spacial score (nSPS) is 12.5. The third-order valence-corrected chi connectivity index (χ3v) is 5.91. The van der Waals surface area contributed by atoms with E-state index in [0.29, 0.717) is 17.1 Å². The monoisotopic (exact) mass is 384 g/mol. The van der Waals surface area contributed by atoms with Crippen LogP contribution < -0.4 is 0 Å². The number of imidazole rings is 1. The lowest BCUT2D eigenvalue weighted by Crippen LogP contribution is -2.11. The Morgan fingerprint density at radius 3 is 2.57 bits per heavy atom. The van der Waals surface area contributed by atoms with E-state index in [4.69, 9.17) is 16.6 Å². The predicted molar refractivity (Wildman–Crippen MR) is 112 cm³/mol. The average Bonchev–Trinajstić information content (AvgIpc) is 3.09. The molecule has 5 aromatic rings. The summed E-state index contributed by atoms with van der Waals surface area (Å²) in [6.07, 6.45) is 0. The zero-order valence-electron chi connectivity index (χ0n) is 14.8. The number of hydrogen-bond acceptors (Lipinski definition) is 1. The van der Waals surface area contributed by atoms with E-state index in [1.807, 2.05) is 36.4 Å². The van der Waals surface area contributed by atoms with E-state index in [1.165, 1.54) is 6.07 Å². The minimum absolute atomic E-state index is 0.214. The van der Waals surface area contributed by atoms with Gasteiger partial charge >= 0.3 is 0 Å². The van der Waals surface area contributed by atoms with Crippen LogP contribution in [0.5, 0.6) is 0 Å². The molecule has 2 heterocycles. The van der Waals surface area contributed by atoms with E-state index in [-0.39, 0.29) is 5.82 Å². The molecule has 0 bridgehead atoms. The first-order chi connectivity index (χ1) is 13.7. The van der Waals surface area contributed by atoms with Crippen molar-refractivity contribution in [1.29, 1.82) is 0 Å². The van der Waals surface area contributed by atoms with Crippen LogP contribution in [-0.4, -0.2) is 9.55 Å². The van der Waals surface area contributed by atoms with Crippen molar-refractivity contribution in [2.45, 2.75) is 6.54 Å². The Morgan fingerprint density at radius 1 is 0.857 bits per heavy atom. The van der Waals surface area contributed by atoms with Gasteiger partial charge in [0.05, 0.1) is 22.6 Å². The lowest BCUT2D eigenvalue weighted by molar-refractivity contribution is 0.602. The standard InChI is InChI=1S/C24H14ClFN2/c25-19-11-12-21-23-22(19)16-8-4-10-20(26)18(16)13-28(23)24(27-21)17-9-3-6-14-5-1-2-7-15(14)17/h1-12H,13H2. The number of halogens is 2. The van der Waals surface area contributed by atoms with Crippen molar-refractivity contribution < 1.29 is 4.39 Å². The van der Waals surface area contributed by atoms with Gasteiger partial charge in [0.1, 0.15) is 11.6 Å². The van der Waals surface area contributed by atoms with Gasteiger partial charge in [-0.2, -0.15) is 0 Å². The minimum Gasteiger partial charge on any atom is -0.319 e. The molecule has 0 amide bonds. The summed E-state index contributed by atoms with van der Waals surface area (Å²) < 4.78 is 16.8. The molecule has 1 aliphatic rings. The Kier molecular flexibility index (Phi) is 3.21. The molecule has 0 aliphatic carbocycles. The average molecular weight is 385 g/mol. The summed E-state index contributed by atoms with van der Waals surface area (Å²) >= 11 is 6.58. The van der Waals surface area contributed by atoms with Gasteiger partial charge in [-0.05, 0) is 34.5 Å².